The molecule has 0 atom stereocenters. The van der Waals surface area contributed by atoms with E-state index in [0.29, 0.717) is 0 Å². The van der Waals surface area contributed by atoms with Crippen LogP contribution < -0.4 is 4.74 Å². The van der Waals surface area contributed by atoms with E-state index in [1.807, 2.05) is 0 Å². The lowest BCUT2D eigenvalue weighted by Crippen LogP contribution is -1.83. The van der Waals surface area contributed by atoms with Crippen molar-refractivity contribution in [3.63, 3.8) is 0 Å². The molecule has 0 saturated carbocycles. The van der Waals surface area contributed by atoms with Crippen molar-refractivity contribution in [1.82, 2.24) is 5.16 Å². The molecule has 1 aromatic heterocycles. The van der Waals surface area contributed by atoms with Gasteiger partial charge in [0.2, 0.25) is 5.82 Å². The molecule has 4 heteroatoms. The average molecular weight is 117 g/mol. The van der Waals surface area contributed by atoms with Crippen LogP contribution in [0.1, 0.15) is 0 Å². The number of hydrogen-bond donors (Lipinski definition) is 0. The molecule has 0 amide bonds. The maximum absolute atomic E-state index is 12.1. The lowest BCUT2D eigenvalue weighted by atomic mass is 10.7. The van der Waals surface area contributed by atoms with Crippen LogP contribution >= 0.6 is 0 Å². The second-order valence-corrected chi connectivity index (χ2v) is 1.17. The third kappa shape index (κ3) is 0.641. The molecular weight excluding hydrogens is 113 g/mol. The van der Waals surface area contributed by atoms with Crippen LogP contribution in [-0.2, 0) is 0 Å². The highest BCUT2D eigenvalue weighted by molar-refractivity contribution is 5.05. The Morgan fingerprint density at radius 2 is 2.62 bits per heavy atom. The van der Waals surface area contributed by atoms with E-state index in [-0.39, 0.29) is 5.88 Å². The smallest absolute Gasteiger partial charge is 0.290 e. The molecule has 1 aromatic rings. The second kappa shape index (κ2) is 1.81. The van der Waals surface area contributed by atoms with E-state index in [1.54, 1.807) is 0 Å². The molecule has 1 heterocycles. The summed E-state index contributed by atoms with van der Waals surface area (Å²) in [6.07, 6.45) is 0.874. The first-order chi connectivity index (χ1) is 3.84. The first kappa shape index (κ1) is 5.08. The van der Waals surface area contributed by atoms with Gasteiger partial charge in [0.05, 0.1) is 7.11 Å². The highest BCUT2D eigenvalue weighted by atomic mass is 19.1. The molecule has 44 valence electrons. The van der Waals surface area contributed by atoms with Gasteiger partial charge in [0.25, 0.3) is 5.88 Å². The molecular formula is C4H4FNO2. The molecule has 0 spiro atoms. The summed E-state index contributed by atoms with van der Waals surface area (Å²) in [6.45, 7) is 0. The van der Waals surface area contributed by atoms with Gasteiger partial charge in [-0.15, -0.1) is 0 Å². The van der Waals surface area contributed by atoms with Gasteiger partial charge in [0, 0.05) is 0 Å². The molecule has 0 aromatic carbocycles. The van der Waals surface area contributed by atoms with Crippen molar-refractivity contribution in [3.8, 4) is 5.88 Å². The van der Waals surface area contributed by atoms with Crippen LogP contribution in [0.4, 0.5) is 4.39 Å². The van der Waals surface area contributed by atoms with Crippen LogP contribution in [-0.4, -0.2) is 12.3 Å². The van der Waals surface area contributed by atoms with Gasteiger partial charge in [-0.05, 0) is 5.16 Å². The minimum Gasteiger partial charge on any atom is -0.477 e. The molecule has 0 aliphatic carbocycles. The molecule has 8 heavy (non-hydrogen) atoms. The Morgan fingerprint density at radius 3 is 2.88 bits per heavy atom. The quantitative estimate of drug-likeness (QED) is 0.546. The minimum atomic E-state index is -0.576. The summed E-state index contributed by atoms with van der Waals surface area (Å²) in [5.74, 6) is -0.683. The van der Waals surface area contributed by atoms with E-state index in [2.05, 4.69) is 14.4 Å². The molecule has 0 unspecified atom stereocenters. The van der Waals surface area contributed by atoms with Crippen molar-refractivity contribution in [2.24, 2.45) is 0 Å². The Kier molecular flexibility index (Phi) is 1.15. The summed E-state index contributed by atoms with van der Waals surface area (Å²) < 4.78 is 20.7. The van der Waals surface area contributed by atoms with Gasteiger partial charge in [-0.3, -0.25) is 0 Å². The van der Waals surface area contributed by atoms with Gasteiger partial charge < -0.3 is 9.26 Å². The largest absolute Gasteiger partial charge is 0.477 e. The molecule has 0 N–H and O–H groups in total. The molecule has 0 aliphatic rings. The molecule has 0 aliphatic heterocycles. The Morgan fingerprint density at radius 1 is 1.88 bits per heavy atom. The third-order valence-corrected chi connectivity index (χ3v) is 0.689. The van der Waals surface area contributed by atoms with Crippen molar-refractivity contribution < 1.29 is 13.7 Å². The molecule has 0 bridgehead atoms. The standard InChI is InChI=1S/C4H4FNO2/c1-7-4-3(5)2-8-6-4/h2H,1H3. The predicted molar refractivity (Wildman–Crippen MR) is 23.0 cm³/mol. The fourth-order valence-electron chi connectivity index (χ4n) is 0.349. The maximum atomic E-state index is 12.1. The zero-order chi connectivity index (χ0) is 5.98. The van der Waals surface area contributed by atoms with Gasteiger partial charge >= 0.3 is 0 Å². The SMILES string of the molecule is COc1nocc1F. The number of halogens is 1. The number of nitrogens with zero attached hydrogens (tertiary/aromatic N) is 1. The summed E-state index contributed by atoms with van der Waals surface area (Å²) in [6, 6.07) is 0. The summed E-state index contributed by atoms with van der Waals surface area (Å²) >= 11 is 0. The third-order valence-electron chi connectivity index (χ3n) is 0.689. The highest BCUT2D eigenvalue weighted by Crippen LogP contribution is 2.10. The van der Waals surface area contributed by atoms with Crippen LogP contribution in [0.2, 0.25) is 0 Å². The van der Waals surface area contributed by atoms with E-state index in [0.717, 1.165) is 6.26 Å². The summed E-state index contributed by atoms with van der Waals surface area (Å²) in [5.41, 5.74) is 0. The van der Waals surface area contributed by atoms with Crippen molar-refractivity contribution in [1.29, 1.82) is 0 Å². The van der Waals surface area contributed by atoms with Gasteiger partial charge in [0.15, 0.2) is 6.26 Å². The Labute approximate surface area is 45.0 Å². The Bertz CT molecular complexity index is 174. The topological polar surface area (TPSA) is 35.3 Å². The second-order valence-electron chi connectivity index (χ2n) is 1.17. The molecule has 3 nitrogen and oxygen atoms in total. The summed E-state index contributed by atoms with van der Waals surface area (Å²) in [4.78, 5) is 0. The van der Waals surface area contributed by atoms with E-state index in [4.69, 9.17) is 0 Å². The Balaban J connectivity index is 2.92. The molecule has 0 radical (unpaired) electrons. The average Bonchev–Trinajstić information content (AvgIpc) is 2.14. The van der Waals surface area contributed by atoms with Gasteiger partial charge in [-0.1, -0.05) is 0 Å². The van der Waals surface area contributed by atoms with Crippen LogP contribution in [0.15, 0.2) is 10.8 Å². The summed E-state index contributed by atoms with van der Waals surface area (Å²) in [7, 11) is 1.32. The first-order valence-corrected chi connectivity index (χ1v) is 1.98. The number of ether oxygens (including phenoxy) is 1. The molecule has 0 fully saturated rings. The van der Waals surface area contributed by atoms with Crippen LogP contribution in [0, 0.1) is 5.82 Å². The van der Waals surface area contributed by atoms with Gasteiger partial charge in [0.1, 0.15) is 0 Å². The highest BCUT2D eigenvalue weighted by Gasteiger charge is 2.03. The summed E-state index contributed by atoms with van der Waals surface area (Å²) in [5, 5.41) is 3.16. The van der Waals surface area contributed by atoms with Crippen molar-refractivity contribution in [3.05, 3.63) is 12.1 Å². The van der Waals surface area contributed by atoms with E-state index in [1.165, 1.54) is 7.11 Å². The number of hydrogen-bond acceptors (Lipinski definition) is 3. The lowest BCUT2D eigenvalue weighted by Gasteiger charge is -1.85. The predicted octanol–water partition coefficient (Wildman–Crippen LogP) is 0.822. The Hall–Kier alpha value is -1.06. The maximum Gasteiger partial charge on any atom is 0.290 e. The van der Waals surface area contributed by atoms with Crippen LogP contribution in [0.25, 0.3) is 0 Å². The molecule has 0 saturated heterocycles. The van der Waals surface area contributed by atoms with E-state index in [9.17, 15) is 4.39 Å². The number of methoxy groups -OCH3 is 1. The normalized spacial score (nSPS) is 9.25. The number of aromatic nitrogens is 1. The van der Waals surface area contributed by atoms with Crippen molar-refractivity contribution >= 4 is 0 Å². The monoisotopic (exact) mass is 117 g/mol. The fourth-order valence-corrected chi connectivity index (χ4v) is 0.349. The van der Waals surface area contributed by atoms with Crippen LogP contribution in [0.3, 0.4) is 0 Å². The van der Waals surface area contributed by atoms with Gasteiger partial charge in [-0.2, -0.15) is 4.39 Å². The van der Waals surface area contributed by atoms with Crippen molar-refractivity contribution in [2.45, 2.75) is 0 Å². The zero-order valence-electron chi connectivity index (χ0n) is 4.22. The van der Waals surface area contributed by atoms with Gasteiger partial charge in [-0.25, -0.2) is 0 Å². The minimum absolute atomic E-state index is 0.106. The first-order valence-electron chi connectivity index (χ1n) is 1.98. The van der Waals surface area contributed by atoms with E-state index < -0.39 is 5.82 Å². The molecule has 1 rings (SSSR count). The number of rotatable bonds is 1. The van der Waals surface area contributed by atoms with E-state index >= 15 is 0 Å². The van der Waals surface area contributed by atoms with Crippen LogP contribution in [0.5, 0.6) is 5.88 Å². The fraction of sp³-hybridized carbons (Fsp3) is 0.250. The van der Waals surface area contributed by atoms with Crippen molar-refractivity contribution in [2.75, 3.05) is 7.11 Å². The lowest BCUT2D eigenvalue weighted by molar-refractivity contribution is 0.334. The zero-order valence-corrected chi connectivity index (χ0v) is 4.22.